The van der Waals surface area contributed by atoms with Gasteiger partial charge in [0.25, 0.3) is 6.71 Å². The number of aryl methyl sites for hydroxylation is 1. The normalized spacial score (nSPS) is 16.9. The van der Waals surface area contributed by atoms with Gasteiger partial charge in [0.05, 0.1) is 19.4 Å². The maximum Gasteiger partial charge on any atom is 0.297 e. The average Bonchev–Trinajstić information content (AvgIpc) is 3.47. The molecule has 54 heavy (non-hydrogen) atoms. The number of hydrogen-bond acceptors (Lipinski definition) is 3. The van der Waals surface area contributed by atoms with Crippen molar-refractivity contribution in [1.82, 2.24) is 0 Å². The predicted molar refractivity (Wildman–Crippen MR) is 232 cm³/mol. The molecule has 0 radical (unpaired) electrons. The van der Waals surface area contributed by atoms with Crippen LogP contribution in [0.5, 0.6) is 0 Å². The summed E-state index contributed by atoms with van der Waals surface area (Å²) in [5.74, 6) is -0.244. The third kappa shape index (κ3) is 5.27. The van der Waals surface area contributed by atoms with Crippen molar-refractivity contribution in [2.45, 2.75) is 104 Å². The molecule has 6 heteroatoms. The molecule has 1 aliphatic carbocycles. The molecule has 1 aromatic heterocycles. The standard InChI is InChI=1S/C48H52BFN2OSi/c1-29-24-40-43-41(25-29)52(33-15-13-31(50)14-16-33)44-35-27-36-37(48(7,8)23-22-47(36,5)6)28-42(35)53-45(44)49(43)38-26-30(46(2,3)4)12-21-39(38)51(40)32-17-19-34(20-18-32)54(9,10)11/h12-21,24-28H,22-23H2,1-11H3. The number of nitrogens with zero attached hydrogens (tertiary/aromatic N) is 2. The zero-order valence-electron chi connectivity index (χ0n) is 33.8. The molecule has 0 saturated carbocycles. The first kappa shape index (κ1) is 35.2. The van der Waals surface area contributed by atoms with Gasteiger partial charge in [0, 0.05) is 33.8 Å². The number of rotatable bonds is 3. The Morgan fingerprint density at radius 1 is 0.704 bits per heavy atom. The van der Waals surface area contributed by atoms with Crippen LogP contribution in [-0.4, -0.2) is 14.8 Å². The summed E-state index contributed by atoms with van der Waals surface area (Å²) in [5, 5.41) is 2.56. The van der Waals surface area contributed by atoms with Crippen LogP contribution in [0.2, 0.25) is 19.6 Å². The first-order chi connectivity index (χ1) is 25.3. The minimum absolute atomic E-state index is 0.0326. The lowest BCUT2D eigenvalue weighted by Crippen LogP contribution is -2.61. The van der Waals surface area contributed by atoms with E-state index in [1.165, 1.54) is 44.1 Å². The summed E-state index contributed by atoms with van der Waals surface area (Å²) in [6, 6.07) is 32.9. The van der Waals surface area contributed by atoms with Crippen molar-refractivity contribution >= 4 is 81.7 Å². The van der Waals surface area contributed by atoms with Crippen molar-refractivity contribution in [1.29, 1.82) is 0 Å². The monoisotopic (exact) mass is 730 g/mol. The van der Waals surface area contributed by atoms with Crippen molar-refractivity contribution in [2.75, 3.05) is 9.80 Å². The van der Waals surface area contributed by atoms with Gasteiger partial charge in [0.2, 0.25) is 0 Å². The minimum Gasteiger partial charge on any atom is -0.468 e. The van der Waals surface area contributed by atoms with Crippen molar-refractivity contribution in [3.05, 3.63) is 119 Å². The second-order valence-corrected chi connectivity index (χ2v) is 24.7. The van der Waals surface area contributed by atoms with E-state index in [2.05, 4.69) is 152 Å². The summed E-state index contributed by atoms with van der Waals surface area (Å²) in [4.78, 5) is 4.83. The molecule has 0 saturated heterocycles. The van der Waals surface area contributed by atoms with Crippen molar-refractivity contribution < 1.29 is 8.81 Å². The number of anilines is 6. The Hall–Kier alpha value is -4.55. The molecule has 5 aromatic carbocycles. The Morgan fingerprint density at radius 2 is 1.28 bits per heavy atom. The molecule has 3 nitrogen and oxygen atoms in total. The zero-order valence-corrected chi connectivity index (χ0v) is 34.8. The molecular formula is C48H52BFN2OSi. The maximum atomic E-state index is 14.6. The van der Waals surface area contributed by atoms with E-state index in [4.69, 9.17) is 4.42 Å². The Bertz CT molecular complexity index is 2500. The molecule has 0 N–H and O–H groups in total. The molecule has 0 spiro atoms. The molecule has 0 fully saturated rings. The van der Waals surface area contributed by atoms with Crippen molar-refractivity contribution in [3.63, 3.8) is 0 Å². The highest BCUT2D eigenvalue weighted by atomic mass is 28.3. The van der Waals surface area contributed by atoms with Crippen LogP contribution in [0.1, 0.15) is 83.6 Å². The Morgan fingerprint density at radius 3 is 1.89 bits per heavy atom. The van der Waals surface area contributed by atoms with Gasteiger partial charge in [0.1, 0.15) is 11.4 Å². The molecule has 3 heterocycles. The lowest BCUT2D eigenvalue weighted by Gasteiger charge is -2.43. The molecule has 6 aromatic rings. The quantitative estimate of drug-likeness (QED) is 0.169. The summed E-state index contributed by atoms with van der Waals surface area (Å²) in [6.07, 6.45) is 2.26. The minimum atomic E-state index is -1.50. The number of benzene rings is 5. The van der Waals surface area contributed by atoms with Crippen LogP contribution < -0.4 is 31.6 Å². The van der Waals surface area contributed by atoms with Crippen LogP contribution in [0.25, 0.3) is 11.0 Å². The van der Waals surface area contributed by atoms with Gasteiger partial charge in [-0.1, -0.05) is 97.6 Å². The molecule has 2 aliphatic heterocycles. The van der Waals surface area contributed by atoms with Crippen LogP contribution in [-0.2, 0) is 16.2 Å². The zero-order chi connectivity index (χ0) is 38.3. The van der Waals surface area contributed by atoms with Gasteiger partial charge in [0.15, 0.2) is 0 Å². The lowest BCUT2D eigenvalue weighted by molar-refractivity contribution is 0.332. The second-order valence-electron chi connectivity index (χ2n) is 19.6. The van der Waals surface area contributed by atoms with Crippen LogP contribution in [0.4, 0.5) is 38.5 Å². The second kappa shape index (κ2) is 11.5. The summed E-state index contributed by atoms with van der Waals surface area (Å²) in [7, 11) is -1.50. The average molecular weight is 731 g/mol. The summed E-state index contributed by atoms with van der Waals surface area (Å²) in [5.41, 5.74) is 16.2. The smallest absolute Gasteiger partial charge is 0.297 e. The molecule has 0 atom stereocenters. The molecule has 3 aliphatic rings. The lowest BCUT2D eigenvalue weighted by atomic mass is 9.35. The molecule has 0 amide bonds. The van der Waals surface area contributed by atoms with E-state index < -0.39 is 8.07 Å². The fourth-order valence-electron chi connectivity index (χ4n) is 9.40. The Labute approximate surface area is 322 Å². The topological polar surface area (TPSA) is 19.6 Å². The van der Waals surface area contributed by atoms with Gasteiger partial charge in [-0.05, 0) is 136 Å². The first-order valence-corrected chi connectivity index (χ1v) is 23.2. The van der Waals surface area contributed by atoms with E-state index >= 15 is 0 Å². The predicted octanol–water partition coefficient (Wildman–Crippen LogP) is 11.2. The van der Waals surface area contributed by atoms with Crippen LogP contribution in [0, 0.1) is 12.7 Å². The first-order valence-electron chi connectivity index (χ1n) is 19.7. The summed E-state index contributed by atoms with van der Waals surface area (Å²) >= 11 is 0. The highest BCUT2D eigenvalue weighted by Crippen LogP contribution is 2.51. The molecule has 274 valence electrons. The summed E-state index contributed by atoms with van der Waals surface area (Å²) < 4.78 is 22.0. The van der Waals surface area contributed by atoms with Crippen LogP contribution in [0.3, 0.4) is 0 Å². The highest BCUT2D eigenvalue weighted by molar-refractivity contribution is 7.00. The fraction of sp³-hybridized carbons (Fsp3) is 0.333. The third-order valence-corrected chi connectivity index (χ3v) is 14.8. The van der Waals surface area contributed by atoms with Gasteiger partial charge in [-0.3, -0.25) is 0 Å². The molecule has 0 unspecified atom stereocenters. The van der Waals surface area contributed by atoms with E-state index in [0.29, 0.717) is 0 Å². The fourth-order valence-corrected chi connectivity index (χ4v) is 10.6. The van der Waals surface area contributed by atoms with Crippen molar-refractivity contribution in [3.8, 4) is 0 Å². The van der Waals surface area contributed by atoms with Gasteiger partial charge in [-0.25, -0.2) is 4.39 Å². The highest BCUT2D eigenvalue weighted by Gasteiger charge is 2.48. The number of furan rings is 1. The number of halogens is 1. The van der Waals surface area contributed by atoms with Crippen LogP contribution in [0.15, 0.2) is 95.4 Å². The largest absolute Gasteiger partial charge is 0.468 e. The van der Waals surface area contributed by atoms with Gasteiger partial charge < -0.3 is 14.2 Å². The van der Waals surface area contributed by atoms with Gasteiger partial charge >= 0.3 is 0 Å². The van der Waals surface area contributed by atoms with Gasteiger partial charge in [-0.2, -0.15) is 0 Å². The third-order valence-electron chi connectivity index (χ3n) is 12.7. The Balaban J connectivity index is 1.40. The molecule has 9 rings (SSSR count). The Kier molecular flexibility index (Phi) is 7.48. The molecular weight excluding hydrogens is 678 g/mol. The van der Waals surface area contributed by atoms with E-state index in [0.717, 1.165) is 57.9 Å². The molecule has 0 bridgehead atoms. The summed E-state index contributed by atoms with van der Waals surface area (Å²) in [6.45, 7) is 25.7. The number of hydrogen-bond donors (Lipinski definition) is 0. The van der Waals surface area contributed by atoms with E-state index in [9.17, 15) is 4.39 Å². The number of fused-ring (bicyclic) bond motifs is 7. The van der Waals surface area contributed by atoms with E-state index in [-0.39, 0.29) is 28.8 Å². The maximum absolute atomic E-state index is 14.6. The van der Waals surface area contributed by atoms with Gasteiger partial charge in [-0.15, -0.1) is 0 Å². The van der Waals surface area contributed by atoms with Crippen LogP contribution >= 0.6 is 0 Å². The van der Waals surface area contributed by atoms with E-state index in [1.54, 1.807) is 12.1 Å². The van der Waals surface area contributed by atoms with Crippen molar-refractivity contribution in [2.24, 2.45) is 0 Å². The van der Waals surface area contributed by atoms with E-state index in [1.807, 2.05) is 12.1 Å². The SMILES string of the molecule is Cc1cc2c3c(c1)N(c1ccc(F)cc1)c1c(oc4cc5c(cc14)C(C)(C)CCC5(C)C)B3c1cc(C(C)(C)C)ccc1N2c1ccc([Si](C)(C)C)cc1.